The third-order valence-electron chi connectivity index (χ3n) is 3.60. The van der Waals surface area contributed by atoms with E-state index in [9.17, 15) is 0 Å². The lowest BCUT2D eigenvalue weighted by atomic mass is 10.1. The number of benzene rings is 1. The standard InChI is InChI=1S/C16H19N3S/c1-13-4-2-3-5-15(13)16-17-10-14(11-18-16)12-19-6-8-20-9-7-19/h2-5,10-11H,6-9,12H2,1H3. The van der Waals surface area contributed by atoms with Gasteiger partial charge in [0.25, 0.3) is 0 Å². The van der Waals surface area contributed by atoms with Crippen molar-refractivity contribution in [2.45, 2.75) is 13.5 Å². The molecule has 20 heavy (non-hydrogen) atoms. The van der Waals surface area contributed by atoms with Crippen molar-refractivity contribution in [1.29, 1.82) is 0 Å². The Labute approximate surface area is 124 Å². The zero-order valence-electron chi connectivity index (χ0n) is 11.7. The molecule has 0 saturated carbocycles. The van der Waals surface area contributed by atoms with Gasteiger partial charge in [-0.3, -0.25) is 4.90 Å². The highest BCUT2D eigenvalue weighted by Gasteiger charge is 2.11. The number of aryl methyl sites for hydroxylation is 1. The molecule has 4 heteroatoms. The molecule has 0 atom stereocenters. The molecular weight excluding hydrogens is 266 g/mol. The molecule has 104 valence electrons. The summed E-state index contributed by atoms with van der Waals surface area (Å²) in [5, 5.41) is 0. The summed E-state index contributed by atoms with van der Waals surface area (Å²) in [5.74, 6) is 3.30. The van der Waals surface area contributed by atoms with Crippen molar-refractivity contribution in [3.05, 3.63) is 47.8 Å². The number of aromatic nitrogens is 2. The highest BCUT2D eigenvalue weighted by Crippen LogP contribution is 2.19. The lowest BCUT2D eigenvalue weighted by molar-refractivity contribution is 0.294. The van der Waals surface area contributed by atoms with Gasteiger partial charge in [-0.1, -0.05) is 24.3 Å². The van der Waals surface area contributed by atoms with Crippen molar-refractivity contribution in [1.82, 2.24) is 14.9 Å². The van der Waals surface area contributed by atoms with E-state index in [-0.39, 0.29) is 0 Å². The Balaban J connectivity index is 1.73. The van der Waals surface area contributed by atoms with Gasteiger partial charge in [-0.05, 0) is 12.5 Å². The molecule has 2 heterocycles. The fourth-order valence-electron chi connectivity index (χ4n) is 2.42. The quantitative estimate of drug-likeness (QED) is 0.867. The number of rotatable bonds is 3. The minimum atomic E-state index is 0.820. The smallest absolute Gasteiger partial charge is 0.159 e. The van der Waals surface area contributed by atoms with E-state index in [1.165, 1.54) is 35.7 Å². The van der Waals surface area contributed by atoms with Gasteiger partial charge in [-0.25, -0.2) is 9.97 Å². The van der Waals surface area contributed by atoms with Crippen molar-refractivity contribution in [2.24, 2.45) is 0 Å². The van der Waals surface area contributed by atoms with Crippen LogP contribution in [0.15, 0.2) is 36.7 Å². The molecule has 2 aromatic rings. The molecule has 1 fully saturated rings. The molecule has 0 N–H and O–H groups in total. The van der Waals surface area contributed by atoms with Crippen LogP contribution < -0.4 is 0 Å². The summed E-state index contributed by atoms with van der Waals surface area (Å²) in [6, 6.07) is 8.25. The first-order valence-electron chi connectivity index (χ1n) is 7.00. The van der Waals surface area contributed by atoms with Gasteiger partial charge in [0.2, 0.25) is 0 Å². The summed E-state index contributed by atoms with van der Waals surface area (Å²) in [5.41, 5.74) is 3.54. The van der Waals surface area contributed by atoms with Crippen molar-refractivity contribution in [3.8, 4) is 11.4 Å². The highest BCUT2D eigenvalue weighted by molar-refractivity contribution is 7.99. The van der Waals surface area contributed by atoms with Gasteiger partial charge in [0.15, 0.2) is 5.82 Å². The first-order chi connectivity index (χ1) is 9.83. The Morgan fingerprint density at radius 1 is 1.10 bits per heavy atom. The summed E-state index contributed by atoms with van der Waals surface area (Å²) in [7, 11) is 0. The van der Waals surface area contributed by atoms with Gasteiger partial charge in [0.05, 0.1) is 0 Å². The highest BCUT2D eigenvalue weighted by atomic mass is 32.2. The monoisotopic (exact) mass is 285 g/mol. The van der Waals surface area contributed by atoms with Crippen LogP contribution in [0.5, 0.6) is 0 Å². The summed E-state index contributed by atoms with van der Waals surface area (Å²) in [4.78, 5) is 11.5. The minimum absolute atomic E-state index is 0.820. The van der Waals surface area contributed by atoms with E-state index in [0.29, 0.717) is 0 Å². The summed E-state index contributed by atoms with van der Waals surface area (Å²) < 4.78 is 0. The zero-order valence-corrected chi connectivity index (χ0v) is 12.6. The number of hydrogen-bond acceptors (Lipinski definition) is 4. The number of thioether (sulfide) groups is 1. The van der Waals surface area contributed by atoms with E-state index < -0.39 is 0 Å². The van der Waals surface area contributed by atoms with Crippen LogP contribution >= 0.6 is 11.8 Å². The summed E-state index contributed by atoms with van der Waals surface area (Å²) in [6.45, 7) is 5.40. The maximum atomic E-state index is 4.53. The molecule has 1 aromatic heterocycles. The third-order valence-corrected chi connectivity index (χ3v) is 4.54. The van der Waals surface area contributed by atoms with Crippen LogP contribution in [0.1, 0.15) is 11.1 Å². The maximum Gasteiger partial charge on any atom is 0.159 e. The second kappa shape index (κ2) is 6.37. The normalized spacial score (nSPS) is 16.2. The average Bonchev–Trinajstić information content (AvgIpc) is 2.50. The van der Waals surface area contributed by atoms with E-state index in [0.717, 1.165) is 17.9 Å². The molecule has 0 aliphatic carbocycles. The Morgan fingerprint density at radius 2 is 1.80 bits per heavy atom. The van der Waals surface area contributed by atoms with Gasteiger partial charge < -0.3 is 0 Å². The van der Waals surface area contributed by atoms with Crippen LogP contribution in [-0.4, -0.2) is 39.5 Å². The second-order valence-electron chi connectivity index (χ2n) is 5.12. The van der Waals surface area contributed by atoms with Crippen molar-refractivity contribution in [2.75, 3.05) is 24.6 Å². The van der Waals surface area contributed by atoms with Crippen LogP contribution in [0.3, 0.4) is 0 Å². The van der Waals surface area contributed by atoms with Gasteiger partial charge in [-0.15, -0.1) is 0 Å². The van der Waals surface area contributed by atoms with Crippen LogP contribution in [0.25, 0.3) is 11.4 Å². The lowest BCUT2D eigenvalue weighted by Crippen LogP contribution is -2.32. The first-order valence-corrected chi connectivity index (χ1v) is 8.15. The Morgan fingerprint density at radius 3 is 2.50 bits per heavy atom. The first kappa shape index (κ1) is 13.6. The van der Waals surface area contributed by atoms with Gasteiger partial charge in [0.1, 0.15) is 0 Å². The van der Waals surface area contributed by atoms with Crippen LogP contribution in [-0.2, 0) is 6.54 Å². The predicted molar refractivity (Wildman–Crippen MR) is 84.8 cm³/mol. The molecule has 1 aliphatic heterocycles. The average molecular weight is 285 g/mol. The van der Waals surface area contributed by atoms with Crippen LogP contribution in [0.4, 0.5) is 0 Å². The Hall–Kier alpha value is -1.39. The molecular formula is C16H19N3S. The second-order valence-corrected chi connectivity index (χ2v) is 6.34. The van der Waals surface area contributed by atoms with Crippen molar-refractivity contribution < 1.29 is 0 Å². The molecule has 0 amide bonds. The van der Waals surface area contributed by atoms with E-state index in [4.69, 9.17) is 0 Å². The number of nitrogens with zero attached hydrogens (tertiary/aromatic N) is 3. The molecule has 0 bridgehead atoms. The SMILES string of the molecule is Cc1ccccc1-c1ncc(CN2CCSCC2)cn1. The van der Waals surface area contributed by atoms with Crippen molar-refractivity contribution >= 4 is 11.8 Å². The van der Waals surface area contributed by atoms with E-state index in [1.54, 1.807) is 0 Å². The van der Waals surface area contributed by atoms with E-state index in [1.807, 2.05) is 36.3 Å². The molecule has 3 nitrogen and oxygen atoms in total. The Bertz CT molecular complexity index is 562. The molecule has 0 radical (unpaired) electrons. The minimum Gasteiger partial charge on any atom is -0.297 e. The van der Waals surface area contributed by atoms with Gasteiger partial charge >= 0.3 is 0 Å². The topological polar surface area (TPSA) is 29.0 Å². The van der Waals surface area contributed by atoms with Gasteiger partial charge in [0, 0.05) is 54.7 Å². The number of hydrogen-bond donors (Lipinski definition) is 0. The molecule has 1 aromatic carbocycles. The largest absolute Gasteiger partial charge is 0.297 e. The zero-order chi connectivity index (χ0) is 13.8. The third kappa shape index (κ3) is 3.19. The fourth-order valence-corrected chi connectivity index (χ4v) is 3.40. The van der Waals surface area contributed by atoms with Crippen LogP contribution in [0.2, 0.25) is 0 Å². The van der Waals surface area contributed by atoms with Gasteiger partial charge in [-0.2, -0.15) is 11.8 Å². The van der Waals surface area contributed by atoms with E-state index >= 15 is 0 Å². The van der Waals surface area contributed by atoms with Crippen molar-refractivity contribution in [3.63, 3.8) is 0 Å². The molecule has 0 spiro atoms. The van der Waals surface area contributed by atoms with E-state index in [2.05, 4.69) is 33.9 Å². The molecule has 3 rings (SSSR count). The Kier molecular flexibility index (Phi) is 4.33. The fraction of sp³-hybridized carbons (Fsp3) is 0.375. The molecule has 1 aliphatic rings. The predicted octanol–water partition coefficient (Wildman–Crippen LogP) is 3.00. The lowest BCUT2D eigenvalue weighted by Gasteiger charge is -2.25. The molecule has 0 unspecified atom stereocenters. The summed E-state index contributed by atoms with van der Waals surface area (Å²) >= 11 is 2.04. The van der Waals surface area contributed by atoms with Crippen LogP contribution in [0, 0.1) is 6.92 Å². The maximum absolute atomic E-state index is 4.53. The molecule has 1 saturated heterocycles. The summed E-state index contributed by atoms with van der Waals surface area (Å²) in [6.07, 6.45) is 3.94.